The van der Waals surface area contributed by atoms with Gasteiger partial charge < -0.3 is 4.74 Å². The van der Waals surface area contributed by atoms with E-state index in [1.54, 1.807) is 0 Å². The van der Waals surface area contributed by atoms with Gasteiger partial charge in [-0.2, -0.15) is 0 Å². The largest absolute Gasteiger partial charge is 0.492 e. The predicted molar refractivity (Wildman–Crippen MR) is 67.9 cm³/mol. The first-order valence-electron chi connectivity index (χ1n) is 5.33. The van der Waals surface area contributed by atoms with Gasteiger partial charge in [0.05, 0.1) is 18.2 Å². The molecule has 0 heterocycles. The molecule has 0 radical (unpaired) electrons. The summed E-state index contributed by atoms with van der Waals surface area (Å²) in [5.41, 5.74) is 0. The van der Waals surface area contributed by atoms with E-state index >= 15 is 0 Å². The minimum Gasteiger partial charge on any atom is -0.492 e. The molecule has 2 nitrogen and oxygen atoms in total. The van der Waals surface area contributed by atoms with Crippen LogP contribution in [0.25, 0.3) is 0 Å². The van der Waals surface area contributed by atoms with Gasteiger partial charge in [-0.15, -0.1) is 6.42 Å². The summed E-state index contributed by atoms with van der Waals surface area (Å²) in [7, 11) is 1.95. The Kier molecular flexibility index (Phi) is 5.82. The van der Waals surface area contributed by atoms with Crippen LogP contribution >= 0.6 is 11.6 Å². The monoisotopic (exact) mass is 254 g/mol. The van der Waals surface area contributed by atoms with Crippen LogP contribution in [0.3, 0.4) is 0 Å². The molecule has 0 spiro atoms. The Morgan fingerprint density at radius 3 is 2.94 bits per heavy atom. The number of benzene rings is 1. The molecule has 92 valence electrons. The first kappa shape index (κ1) is 13.8. The number of hydrogen-bond acceptors (Lipinski definition) is 2. The highest BCUT2D eigenvalue weighted by molar-refractivity contribution is 6.32. The van der Waals surface area contributed by atoms with E-state index in [1.165, 1.54) is 18.2 Å². The zero-order chi connectivity index (χ0) is 12.7. The van der Waals surface area contributed by atoms with Crippen molar-refractivity contribution in [1.82, 2.24) is 4.90 Å². The van der Waals surface area contributed by atoms with Crippen molar-refractivity contribution < 1.29 is 9.13 Å². The van der Waals surface area contributed by atoms with Gasteiger partial charge in [0.1, 0.15) is 11.6 Å². The first-order valence-corrected chi connectivity index (χ1v) is 5.71. The molecule has 0 aliphatic carbocycles. The molecule has 0 fully saturated rings. The summed E-state index contributed by atoms with van der Waals surface area (Å²) in [5, 5.41) is 0.293. The van der Waals surface area contributed by atoms with Gasteiger partial charge in [-0.05, 0) is 31.7 Å². The average molecular weight is 255 g/mol. The summed E-state index contributed by atoms with van der Waals surface area (Å²) in [6.07, 6.45) is 6.02. The molecule has 0 aliphatic rings. The minimum atomic E-state index is -0.365. The lowest BCUT2D eigenvalue weighted by Crippen LogP contribution is -2.21. The third-order valence-corrected chi connectivity index (χ3v) is 2.49. The van der Waals surface area contributed by atoms with Crippen molar-refractivity contribution in [3.05, 3.63) is 29.0 Å². The van der Waals surface area contributed by atoms with Crippen LogP contribution in [0.1, 0.15) is 6.42 Å². The summed E-state index contributed by atoms with van der Waals surface area (Å²) in [6.45, 7) is 2.00. The second-order valence-corrected chi connectivity index (χ2v) is 4.13. The van der Waals surface area contributed by atoms with Gasteiger partial charge in [-0.1, -0.05) is 17.5 Å². The molecule has 4 heteroatoms. The fourth-order valence-corrected chi connectivity index (χ4v) is 1.57. The van der Waals surface area contributed by atoms with Crippen LogP contribution in [-0.4, -0.2) is 31.6 Å². The topological polar surface area (TPSA) is 12.5 Å². The first-order chi connectivity index (χ1) is 8.13. The second kappa shape index (κ2) is 7.16. The Balaban J connectivity index is 2.29. The summed E-state index contributed by atoms with van der Waals surface area (Å²) in [5.74, 6) is 2.71. The maximum Gasteiger partial charge on any atom is 0.138 e. The lowest BCUT2D eigenvalue weighted by atomic mass is 10.3. The van der Waals surface area contributed by atoms with E-state index in [1.807, 2.05) is 11.9 Å². The van der Waals surface area contributed by atoms with Crippen molar-refractivity contribution in [3.63, 3.8) is 0 Å². The van der Waals surface area contributed by atoms with Crippen LogP contribution in [0.15, 0.2) is 18.2 Å². The van der Waals surface area contributed by atoms with Gasteiger partial charge in [0.25, 0.3) is 0 Å². The van der Waals surface area contributed by atoms with E-state index in [4.69, 9.17) is 22.8 Å². The Morgan fingerprint density at radius 2 is 2.29 bits per heavy atom. The molecular formula is C13H15ClFNO. The van der Waals surface area contributed by atoms with Crippen LogP contribution in [0.2, 0.25) is 5.02 Å². The number of hydrogen-bond donors (Lipinski definition) is 0. The van der Waals surface area contributed by atoms with E-state index in [9.17, 15) is 4.39 Å². The SMILES string of the molecule is C#CCN([11CH3])CCCOc1ccc(F)cc1Cl. The maximum atomic E-state index is 12.8. The van der Waals surface area contributed by atoms with Gasteiger partial charge in [-0.25, -0.2) is 4.39 Å². The molecule has 0 amide bonds. The van der Waals surface area contributed by atoms with Gasteiger partial charge in [-0.3, -0.25) is 4.90 Å². The van der Waals surface area contributed by atoms with E-state index < -0.39 is 0 Å². The van der Waals surface area contributed by atoms with Crippen LogP contribution in [0.5, 0.6) is 5.75 Å². The Hall–Kier alpha value is -1.24. The third kappa shape index (κ3) is 5.08. The highest BCUT2D eigenvalue weighted by Gasteiger charge is 2.03. The number of rotatable bonds is 6. The molecule has 0 aromatic heterocycles. The van der Waals surface area contributed by atoms with E-state index in [0.29, 0.717) is 23.9 Å². The fourth-order valence-electron chi connectivity index (χ4n) is 1.34. The van der Waals surface area contributed by atoms with Crippen LogP contribution in [0, 0.1) is 18.2 Å². The highest BCUT2D eigenvalue weighted by atomic mass is 35.5. The molecule has 0 bridgehead atoms. The molecule has 0 aliphatic heterocycles. The average Bonchev–Trinajstić information content (AvgIpc) is 2.27. The molecule has 0 N–H and O–H groups in total. The third-order valence-electron chi connectivity index (χ3n) is 2.20. The van der Waals surface area contributed by atoms with Crippen LogP contribution in [0.4, 0.5) is 4.39 Å². The smallest absolute Gasteiger partial charge is 0.138 e. The van der Waals surface area contributed by atoms with Crippen molar-refractivity contribution in [2.24, 2.45) is 0 Å². The van der Waals surface area contributed by atoms with Crippen molar-refractivity contribution in [1.29, 1.82) is 0 Å². The molecule has 0 atom stereocenters. The van der Waals surface area contributed by atoms with Gasteiger partial charge in [0.15, 0.2) is 0 Å². The zero-order valence-electron chi connectivity index (χ0n) is 9.75. The molecule has 1 rings (SSSR count). The van der Waals surface area contributed by atoms with Crippen molar-refractivity contribution in [3.8, 4) is 18.1 Å². The summed E-state index contributed by atoms with van der Waals surface area (Å²) >= 11 is 5.82. The standard InChI is InChI=1S/C13H15ClFNO/c1-3-7-16(2)8-4-9-17-13-6-5-11(15)10-12(13)14/h1,5-6,10H,4,7-9H2,2H3/i2-1. The summed E-state index contributed by atoms with van der Waals surface area (Å²) in [6, 6.07) is 4.09. The molecule has 1 aromatic carbocycles. The van der Waals surface area contributed by atoms with Gasteiger partial charge in [0, 0.05) is 6.54 Å². The van der Waals surface area contributed by atoms with Crippen molar-refractivity contribution in [2.45, 2.75) is 6.42 Å². The normalized spacial score (nSPS) is 10.3. The summed E-state index contributed by atoms with van der Waals surface area (Å²) < 4.78 is 18.2. The zero-order valence-corrected chi connectivity index (χ0v) is 10.5. The van der Waals surface area contributed by atoms with E-state index in [2.05, 4.69) is 5.92 Å². The lowest BCUT2D eigenvalue weighted by Gasteiger charge is -2.13. The molecule has 17 heavy (non-hydrogen) atoms. The molecular weight excluding hydrogens is 240 g/mol. The predicted octanol–water partition coefficient (Wildman–Crippen LogP) is 2.81. The fraction of sp³-hybridized carbons (Fsp3) is 0.385. The van der Waals surface area contributed by atoms with Crippen molar-refractivity contribution in [2.75, 3.05) is 26.7 Å². The molecule has 1 aromatic rings. The molecule has 0 saturated heterocycles. The lowest BCUT2D eigenvalue weighted by molar-refractivity contribution is 0.274. The molecule has 0 unspecified atom stereocenters. The summed E-state index contributed by atoms with van der Waals surface area (Å²) in [4.78, 5) is 2.02. The highest BCUT2D eigenvalue weighted by Crippen LogP contribution is 2.24. The maximum absolute atomic E-state index is 12.8. The van der Waals surface area contributed by atoms with E-state index in [0.717, 1.165) is 13.0 Å². The number of terminal acetylenes is 1. The van der Waals surface area contributed by atoms with Gasteiger partial charge >= 0.3 is 0 Å². The molecule has 0 saturated carbocycles. The minimum absolute atomic E-state index is 0.293. The van der Waals surface area contributed by atoms with Crippen molar-refractivity contribution >= 4 is 11.6 Å². The number of halogens is 2. The van der Waals surface area contributed by atoms with E-state index in [-0.39, 0.29) is 5.82 Å². The van der Waals surface area contributed by atoms with Crippen LogP contribution in [-0.2, 0) is 0 Å². The second-order valence-electron chi connectivity index (χ2n) is 3.72. The van der Waals surface area contributed by atoms with Gasteiger partial charge in [0.2, 0.25) is 0 Å². The van der Waals surface area contributed by atoms with Crippen LogP contribution < -0.4 is 4.74 Å². The number of nitrogens with zero attached hydrogens (tertiary/aromatic N) is 1. The number of ether oxygens (including phenoxy) is 1. The Bertz CT molecular complexity index is 403. The Morgan fingerprint density at radius 1 is 1.53 bits per heavy atom. The quantitative estimate of drug-likeness (QED) is 0.572. The Labute approximate surface area is 106 Å².